The third-order valence-corrected chi connectivity index (χ3v) is 4.22. The molecule has 0 saturated carbocycles. The van der Waals surface area contributed by atoms with E-state index < -0.39 is 6.10 Å². The average molecular weight is 300 g/mol. The van der Waals surface area contributed by atoms with Gasteiger partial charge in [-0.05, 0) is 31.2 Å². The summed E-state index contributed by atoms with van der Waals surface area (Å²) in [5, 5.41) is 10.1. The van der Waals surface area contributed by atoms with E-state index in [0.717, 1.165) is 31.1 Å². The van der Waals surface area contributed by atoms with Crippen molar-refractivity contribution in [3.05, 3.63) is 47.5 Å². The number of anilines is 1. The van der Waals surface area contributed by atoms with E-state index in [1.165, 1.54) is 24.8 Å². The Morgan fingerprint density at radius 2 is 1.91 bits per heavy atom. The highest BCUT2D eigenvalue weighted by molar-refractivity contribution is 5.44. The van der Waals surface area contributed by atoms with E-state index in [-0.39, 0.29) is 0 Å². The molecule has 2 aromatic rings. The van der Waals surface area contributed by atoms with Crippen LogP contribution < -0.4 is 4.90 Å². The molecule has 1 aliphatic rings. The smallest absolute Gasteiger partial charge is 0.226 e. The first-order valence-electron chi connectivity index (χ1n) is 8.24. The topological polar surface area (TPSA) is 49.5 Å². The number of hydrogen-bond donors (Lipinski definition) is 1. The van der Waals surface area contributed by atoms with E-state index >= 15 is 0 Å². The van der Waals surface area contributed by atoms with Gasteiger partial charge >= 0.3 is 0 Å². The van der Waals surface area contributed by atoms with Crippen LogP contribution in [-0.4, -0.2) is 23.2 Å². The van der Waals surface area contributed by atoms with Crippen molar-refractivity contribution in [3.8, 4) is 0 Å². The molecule has 1 aliphatic heterocycles. The molecule has 2 heterocycles. The van der Waals surface area contributed by atoms with Gasteiger partial charge in [0.1, 0.15) is 11.8 Å². The molecule has 0 amide bonds. The lowest BCUT2D eigenvalue weighted by atomic mass is 10.1. The fraction of sp³-hybridized carbons (Fsp3) is 0.500. The Labute approximate surface area is 131 Å². The molecule has 0 bridgehead atoms. The highest BCUT2D eigenvalue weighted by Crippen LogP contribution is 2.30. The Balaban J connectivity index is 1.89. The minimum absolute atomic E-state index is 0.453. The Kier molecular flexibility index (Phi) is 4.78. The molecule has 1 atom stereocenters. The summed E-state index contributed by atoms with van der Waals surface area (Å²) >= 11 is 0. The second-order valence-electron chi connectivity index (χ2n) is 5.94. The van der Waals surface area contributed by atoms with Crippen LogP contribution in [-0.2, 0) is 6.42 Å². The molecule has 1 N–H and O–H groups in total. The van der Waals surface area contributed by atoms with Gasteiger partial charge in [-0.2, -0.15) is 0 Å². The number of piperidine rings is 1. The lowest BCUT2D eigenvalue weighted by molar-refractivity contribution is 0.140. The van der Waals surface area contributed by atoms with Gasteiger partial charge in [-0.15, -0.1) is 0 Å². The average Bonchev–Trinajstić information content (AvgIpc) is 3.00. The first-order valence-corrected chi connectivity index (χ1v) is 8.24. The summed E-state index contributed by atoms with van der Waals surface area (Å²) < 4.78 is 5.94. The van der Waals surface area contributed by atoms with Crippen LogP contribution in [0.15, 0.2) is 34.7 Å². The molecule has 3 rings (SSSR count). The lowest BCUT2D eigenvalue weighted by Gasteiger charge is -2.26. The molecule has 22 heavy (non-hydrogen) atoms. The summed E-state index contributed by atoms with van der Waals surface area (Å²) in [5.74, 6) is 1.31. The first kappa shape index (κ1) is 15.1. The van der Waals surface area contributed by atoms with Gasteiger partial charge in [0.15, 0.2) is 0 Å². The van der Waals surface area contributed by atoms with Gasteiger partial charge in [-0.3, -0.25) is 0 Å². The number of aromatic nitrogens is 1. The van der Waals surface area contributed by atoms with Gasteiger partial charge in [0.25, 0.3) is 0 Å². The van der Waals surface area contributed by atoms with Gasteiger partial charge in [0, 0.05) is 19.5 Å². The van der Waals surface area contributed by atoms with Crippen molar-refractivity contribution < 1.29 is 9.52 Å². The Morgan fingerprint density at radius 3 is 2.59 bits per heavy atom. The molecular weight excluding hydrogens is 276 g/mol. The SMILES string of the molecule is CC[C@H](O)c1nc(Cc2ccccc2)c(N2CCCCC2)o1. The summed E-state index contributed by atoms with van der Waals surface area (Å²) in [6.45, 7) is 3.96. The van der Waals surface area contributed by atoms with Crippen LogP contribution in [0.1, 0.15) is 55.9 Å². The fourth-order valence-electron chi connectivity index (χ4n) is 2.93. The van der Waals surface area contributed by atoms with Crippen molar-refractivity contribution in [2.45, 2.75) is 45.1 Å². The van der Waals surface area contributed by atoms with Gasteiger partial charge in [-0.25, -0.2) is 4.98 Å². The fourth-order valence-corrected chi connectivity index (χ4v) is 2.93. The monoisotopic (exact) mass is 300 g/mol. The Hall–Kier alpha value is -1.81. The third kappa shape index (κ3) is 3.33. The number of hydrogen-bond acceptors (Lipinski definition) is 4. The second-order valence-corrected chi connectivity index (χ2v) is 5.94. The van der Waals surface area contributed by atoms with Crippen molar-refractivity contribution in [2.75, 3.05) is 18.0 Å². The minimum atomic E-state index is -0.618. The number of aliphatic hydroxyl groups excluding tert-OH is 1. The summed E-state index contributed by atoms with van der Waals surface area (Å²) in [6.07, 6.45) is 4.41. The molecular formula is C18H24N2O2. The van der Waals surface area contributed by atoms with Crippen LogP contribution in [0.4, 0.5) is 5.88 Å². The summed E-state index contributed by atoms with van der Waals surface area (Å²) in [6, 6.07) is 10.3. The van der Waals surface area contributed by atoms with E-state index in [1.54, 1.807) is 0 Å². The zero-order chi connectivity index (χ0) is 15.4. The maximum Gasteiger partial charge on any atom is 0.226 e. The number of oxazole rings is 1. The van der Waals surface area contributed by atoms with Crippen LogP contribution >= 0.6 is 0 Å². The van der Waals surface area contributed by atoms with E-state index in [4.69, 9.17) is 4.42 Å². The zero-order valence-corrected chi connectivity index (χ0v) is 13.2. The predicted octanol–water partition coefficient (Wildman–Crippen LogP) is 3.70. The van der Waals surface area contributed by atoms with E-state index in [1.807, 2.05) is 25.1 Å². The number of rotatable bonds is 5. The van der Waals surface area contributed by atoms with Gasteiger partial charge in [0.2, 0.25) is 11.8 Å². The molecule has 4 nitrogen and oxygen atoms in total. The van der Waals surface area contributed by atoms with Crippen molar-refractivity contribution in [1.82, 2.24) is 4.98 Å². The molecule has 4 heteroatoms. The highest BCUT2D eigenvalue weighted by atomic mass is 16.4. The summed E-state index contributed by atoms with van der Waals surface area (Å²) in [7, 11) is 0. The van der Waals surface area contributed by atoms with Gasteiger partial charge in [0.05, 0.1) is 0 Å². The lowest BCUT2D eigenvalue weighted by Crippen LogP contribution is -2.29. The largest absolute Gasteiger partial charge is 0.422 e. The standard InChI is InChI=1S/C18H24N2O2/c1-2-16(21)17-19-15(13-14-9-5-3-6-10-14)18(22-17)20-11-7-4-8-12-20/h3,5-6,9-10,16,21H,2,4,7-8,11-13H2,1H3/t16-/m0/s1. The normalized spacial score (nSPS) is 16.7. The summed E-state index contributed by atoms with van der Waals surface area (Å²) in [5.41, 5.74) is 2.15. The summed E-state index contributed by atoms with van der Waals surface area (Å²) in [4.78, 5) is 6.87. The number of nitrogens with zero attached hydrogens (tertiary/aromatic N) is 2. The highest BCUT2D eigenvalue weighted by Gasteiger charge is 2.23. The maximum atomic E-state index is 10.1. The zero-order valence-electron chi connectivity index (χ0n) is 13.2. The maximum absolute atomic E-state index is 10.1. The molecule has 0 spiro atoms. The number of benzene rings is 1. The predicted molar refractivity (Wildman–Crippen MR) is 87.1 cm³/mol. The third-order valence-electron chi connectivity index (χ3n) is 4.22. The molecule has 0 radical (unpaired) electrons. The van der Waals surface area contributed by atoms with Crippen LogP contribution in [0, 0.1) is 0 Å². The van der Waals surface area contributed by atoms with Crippen LogP contribution in [0.3, 0.4) is 0 Å². The first-order chi connectivity index (χ1) is 10.8. The van der Waals surface area contributed by atoms with Crippen LogP contribution in [0.5, 0.6) is 0 Å². The molecule has 118 valence electrons. The van der Waals surface area contributed by atoms with Crippen LogP contribution in [0.25, 0.3) is 0 Å². The Bertz CT molecular complexity index is 588. The molecule has 1 fully saturated rings. The molecule has 1 aromatic heterocycles. The Morgan fingerprint density at radius 1 is 1.18 bits per heavy atom. The van der Waals surface area contributed by atoms with Gasteiger partial charge < -0.3 is 14.4 Å². The minimum Gasteiger partial charge on any atom is -0.422 e. The van der Waals surface area contributed by atoms with Crippen molar-refractivity contribution in [3.63, 3.8) is 0 Å². The van der Waals surface area contributed by atoms with Crippen molar-refractivity contribution >= 4 is 5.88 Å². The molecule has 0 unspecified atom stereocenters. The number of aliphatic hydroxyl groups is 1. The van der Waals surface area contributed by atoms with Crippen LogP contribution in [0.2, 0.25) is 0 Å². The second kappa shape index (κ2) is 6.97. The van der Waals surface area contributed by atoms with E-state index in [2.05, 4.69) is 22.0 Å². The molecule has 0 aliphatic carbocycles. The molecule has 1 saturated heterocycles. The van der Waals surface area contributed by atoms with E-state index in [0.29, 0.717) is 12.3 Å². The van der Waals surface area contributed by atoms with E-state index in [9.17, 15) is 5.11 Å². The van der Waals surface area contributed by atoms with Crippen molar-refractivity contribution in [1.29, 1.82) is 0 Å². The molecule has 1 aromatic carbocycles. The van der Waals surface area contributed by atoms with Gasteiger partial charge in [-0.1, -0.05) is 37.3 Å². The quantitative estimate of drug-likeness (QED) is 0.914. The van der Waals surface area contributed by atoms with Crippen molar-refractivity contribution in [2.24, 2.45) is 0 Å².